The van der Waals surface area contributed by atoms with E-state index in [4.69, 9.17) is 0 Å². The van der Waals surface area contributed by atoms with Crippen LogP contribution in [0.15, 0.2) is 48.5 Å². The Hall–Kier alpha value is 0.0800. The Balaban J connectivity index is -0.00000210. The maximum Gasteiger partial charge on any atom is 1.00 e. The zero-order valence-corrected chi connectivity index (χ0v) is 23.0. The summed E-state index contributed by atoms with van der Waals surface area (Å²) in [5.41, 5.74) is 3.60. The standard InChI is InChI=1S/C18H22O8P2.2Na/c1-3-17(13-5-9-15(10-6-13)25-27(19,20)21)18(4-2)14-7-11-16(12-8-14)26-28(22,23)24;;/h5-12H,3-4H2,1-2H3,(H2,19,20,21)(H2,22,23,24);;/q;2*+1/p-2/b18-17+;;. The first-order valence-electron chi connectivity index (χ1n) is 8.38. The second-order valence-corrected chi connectivity index (χ2v) is 7.94. The number of phosphoric ester groups is 2. The van der Waals surface area contributed by atoms with Crippen molar-refractivity contribution in [2.75, 3.05) is 0 Å². The molecule has 0 bridgehead atoms. The van der Waals surface area contributed by atoms with Crippen molar-refractivity contribution in [2.45, 2.75) is 26.7 Å². The minimum Gasteiger partial charge on any atom is -0.780 e. The molecule has 0 aliphatic heterocycles. The third kappa shape index (κ3) is 9.70. The first kappa shape index (κ1) is 30.1. The van der Waals surface area contributed by atoms with Crippen molar-refractivity contribution < 1.29 is 99.7 Å². The minimum absolute atomic E-state index is 0. The van der Waals surface area contributed by atoms with Gasteiger partial charge in [0.2, 0.25) is 0 Å². The van der Waals surface area contributed by atoms with Crippen molar-refractivity contribution in [1.29, 1.82) is 0 Å². The first-order chi connectivity index (χ1) is 13.0. The molecule has 0 aliphatic rings. The van der Waals surface area contributed by atoms with Crippen LogP contribution in [0.2, 0.25) is 0 Å². The van der Waals surface area contributed by atoms with Crippen molar-refractivity contribution >= 4 is 26.8 Å². The Bertz CT molecular complexity index is 867. The molecule has 2 rings (SSSR count). The second kappa shape index (κ2) is 12.9. The Morgan fingerprint density at radius 2 is 0.967 bits per heavy atom. The number of rotatable bonds is 8. The predicted octanol–water partition coefficient (Wildman–Crippen LogP) is -3.93. The summed E-state index contributed by atoms with van der Waals surface area (Å²) in [4.78, 5) is 42.8. The van der Waals surface area contributed by atoms with Crippen LogP contribution in [0.25, 0.3) is 11.1 Å². The summed E-state index contributed by atoms with van der Waals surface area (Å²) in [6.07, 6.45) is 1.33. The van der Waals surface area contributed by atoms with Crippen molar-refractivity contribution in [1.82, 2.24) is 0 Å². The van der Waals surface area contributed by atoms with E-state index in [9.17, 15) is 28.7 Å². The van der Waals surface area contributed by atoms with E-state index >= 15 is 0 Å². The van der Waals surface area contributed by atoms with Crippen LogP contribution in [0, 0.1) is 0 Å². The molecule has 30 heavy (non-hydrogen) atoms. The number of allylic oxidation sites excluding steroid dienone is 2. The van der Waals surface area contributed by atoms with E-state index in [1.54, 1.807) is 24.3 Å². The maximum absolute atomic E-state index is 10.7. The molecule has 2 aromatic carbocycles. The summed E-state index contributed by atoms with van der Waals surface area (Å²) < 4.78 is 30.1. The van der Waals surface area contributed by atoms with E-state index in [2.05, 4.69) is 9.05 Å². The van der Waals surface area contributed by atoms with Gasteiger partial charge in [-0.25, -0.2) is 0 Å². The Morgan fingerprint density at radius 1 is 0.700 bits per heavy atom. The summed E-state index contributed by atoms with van der Waals surface area (Å²) >= 11 is 0. The molecule has 0 aliphatic carbocycles. The SMILES string of the molecule is CC/C(=C(/CC)c1ccc(OP(=O)([O-])[O-])cc1)c1ccc(OP(=O)([O-])[O-])cc1.[H+].[H+].[Na+].[Na+]. The van der Waals surface area contributed by atoms with E-state index < -0.39 is 15.6 Å². The summed E-state index contributed by atoms with van der Waals surface area (Å²) in [5, 5.41) is 0. The van der Waals surface area contributed by atoms with Gasteiger partial charge in [-0.05, 0) is 59.4 Å². The fraction of sp³-hybridized carbons (Fsp3) is 0.222. The van der Waals surface area contributed by atoms with E-state index in [0.717, 1.165) is 22.3 Å². The molecule has 8 nitrogen and oxygen atoms in total. The molecule has 0 N–H and O–H groups in total. The van der Waals surface area contributed by atoms with Crippen LogP contribution in [-0.2, 0) is 9.13 Å². The molecule has 0 aromatic heterocycles. The van der Waals surface area contributed by atoms with E-state index in [0.29, 0.717) is 12.8 Å². The monoisotopic (exact) mass is 472 g/mol. The molecule has 0 heterocycles. The van der Waals surface area contributed by atoms with Crippen LogP contribution < -0.4 is 87.7 Å². The topological polar surface area (TPSA) is 145 Å². The molecule has 0 fully saturated rings. The van der Waals surface area contributed by atoms with Gasteiger partial charge in [-0.1, -0.05) is 38.1 Å². The van der Waals surface area contributed by atoms with Crippen LogP contribution in [-0.4, -0.2) is 0 Å². The van der Waals surface area contributed by atoms with Crippen molar-refractivity contribution in [3.63, 3.8) is 0 Å². The maximum atomic E-state index is 10.7. The van der Waals surface area contributed by atoms with Gasteiger partial charge >= 0.3 is 62.0 Å². The molecule has 0 unspecified atom stereocenters. The minimum atomic E-state index is -5.11. The summed E-state index contributed by atoms with van der Waals surface area (Å²) in [6.45, 7) is 3.92. The second-order valence-electron chi connectivity index (χ2n) is 5.79. The smallest absolute Gasteiger partial charge is 0.780 e. The van der Waals surface area contributed by atoms with Gasteiger partial charge in [0.15, 0.2) is 0 Å². The van der Waals surface area contributed by atoms with Gasteiger partial charge in [-0.3, -0.25) is 0 Å². The molecule has 12 heteroatoms. The van der Waals surface area contributed by atoms with E-state index in [1.807, 2.05) is 13.8 Å². The molecule has 0 spiro atoms. The van der Waals surface area contributed by atoms with Gasteiger partial charge < -0.3 is 37.8 Å². The molecule has 0 saturated heterocycles. The van der Waals surface area contributed by atoms with Crippen molar-refractivity contribution in [3.05, 3.63) is 59.7 Å². The van der Waals surface area contributed by atoms with Crippen LogP contribution in [0.3, 0.4) is 0 Å². The molecular weight excluding hydrogens is 452 g/mol. The van der Waals surface area contributed by atoms with Crippen LogP contribution in [0.5, 0.6) is 11.5 Å². The Labute approximate surface area is 222 Å². The molecule has 0 atom stereocenters. The third-order valence-corrected chi connectivity index (χ3v) is 4.78. The van der Waals surface area contributed by atoms with Gasteiger partial charge in [0.25, 0.3) is 0 Å². The van der Waals surface area contributed by atoms with Gasteiger partial charge in [-0.2, -0.15) is 0 Å². The van der Waals surface area contributed by atoms with Crippen molar-refractivity contribution in [2.24, 2.45) is 0 Å². The molecular formula is C18H20Na2O8P2. The number of benzene rings is 2. The van der Waals surface area contributed by atoms with Gasteiger partial charge in [-0.15, -0.1) is 0 Å². The Kier molecular flexibility index (Phi) is 13.0. The van der Waals surface area contributed by atoms with Crippen LogP contribution in [0.4, 0.5) is 0 Å². The largest absolute Gasteiger partial charge is 1.00 e. The normalized spacial score (nSPS) is 12.2. The number of hydrogen-bond acceptors (Lipinski definition) is 8. The molecule has 2 aromatic rings. The fourth-order valence-corrected chi connectivity index (χ4v) is 3.64. The molecule has 0 saturated carbocycles. The van der Waals surface area contributed by atoms with Gasteiger partial charge in [0.1, 0.15) is 27.1 Å². The van der Waals surface area contributed by atoms with E-state index in [1.165, 1.54) is 24.3 Å². The quantitative estimate of drug-likeness (QED) is 0.215. The van der Waals surface area contributed by atoms with E-state index in [-0.39, 0.29) is 73.5 Å². The van der Waals surface area contributed by atoms with Crippen LogP contribution in [0.1, 0.15) is 40.7 Å². The van der Waals surface area contributed by atoms with Gasteiger partial charge in [0, 0.05) is 0 Å². The summed E-state index contributed by atoms with van der Waals surface area (Å²) in [6, 6.07) is 12.2. The zero-order valence-electron chi connectivity index (χ0n) is 19.2. The number of hydrogen-bond donors (Lipinski definition) is 0. The van der Waals surface area contributed by atoms with Crippen LogP contribution >= 0.6 is 15.6 Å². The Morgan fingerprint density at radius 3 is 1.17 bits per heavy atom. The van der Waals surface area contributed by atoms with Gasteiger partial charge in [0.05, 0.1) is 0 Å². The van der Waals surface area contributed by atoms with Crippen molar-refractivity contribution in [3.8, 4) is 11.5 Å². The molecule has 152 valence electrons. The first-order valence-corrected chi connectivity index (χ1v) is 11.3. The average molecular weight is 472 g/mol. The summed E-state index contributed by atoms with van der Waals surface area (Å²) in [7, 11) is -10.2. The summed E-state index contributed by atoms with van der Waals surface area (Å²) in [5.74, 6) is -0.126. The fourth-order valence-electron chi connectivity index (χ4n) is 2.88. The zero-order chi connectivity index (χ0) is 20.9. The predicted molar refractivity (Wildman–Crippen MR) is 99.0 cm³/mol. The molecule has 0 amide bonds. The third-order valence-electron chi connectivity index (χ3n) is 3.91. The average Bonchev–Trinajstić information content (AvgIpc) is 2.59. The number of phosphoric acid groups is 2. The molecule has 0 radical (unpaired) electrons.